The first kappa shape index (κ1) is 9.69. The highest BCUT2D eigenvalue weighted by Gasteiger charge is 2.28. The maximum absolute atomic E-state index is 9.41. The lowest BCUT2D eigenvalue weighted by Crippen LogP contribution is -2.46. The van der Waals surface area contributed by atoms with Gasteiger partial charge in [-0.1, -0.05) is 24.3 Å². The Labute approximate surface area is 85.0 Å². The number of benzene rings is 1. The van der Waals surface area contributed by atoms with Gasteiger partial charge < -0.3 is 10.4 Å². The van der Waals surface area contributed by atoms with E-state index in [1.165, 1.54) is 11.1 Å². The summed E-state index contributed by atoms with van der Waals surface area (Å²) >= 11 is 0. The average Bonchev–Trinajstić information content (AvgIpc) is 2.12. The lowest BCUT2D eigenvalue weighted by Gasteiger charge is -2.34. The highest BCUT2D eigenvalue weighted by Crippen LogP contribution is 2.29. The molecule has 1 atom stereocenters. The summed E-state index contributed by atoms with van der Waals surface area (Å²) in [6, 6.07) is 8.35. The normalized spacial score (nSPS) is 19.0. The summed E-state index contributed by atoms with van der Waals surface area (Å²) in [5.41, 5.74) is 2.60. The predicted octanol–water partition coefficient (Wildman–Crippen LogP) is 1.29. The van der Waals surface area contributed by atoms with Crippen molar-refractivity contribution in [2.24, 2.45) is 5.92 Å². The summed E-state index contributed by atoms with van der Waals surface area (Å²) in [6.07, 6.45) is 0. The van der Waals surface area contributed by atoms with Crippen LogP contribution >= 0.6 is 0 Å². The van der Waals surface area contributed by atoms with Gasteiger partial charge >= 0.3 is 0 Å². The molecule has 0 aromatic heterocycles. The Bertz CT molecular complexity index is 307. The number of rotatable bonds is 3. The molecule has 0 bridgehead atoms. The Morgan fingerprint density at radius 2 is 2.14 bits per heavy atom. The van der Waals surface area contributed by atoms with Gasteiger partial charge in [0.15, 0.2) is 0 Å². The smallest absolute Gasteiger partial charge is 0.0503 e. The Kier molecular flexibility index (Phi) is 2.85. The fourth-order valence-electron chi connectivity index (χ4n) is 2.10. The third-order valence-corrected chi connectivity index (χ3v) is 3.17. The quantitative estimate of drug-likeness (QED) is 0.754. The molecule has 1 aromatic rings. The van der Waals surface area contributed by atoms with Gasteiger partial charge in [0.1, 0.15) is 0 Å². The van der Waals surface area contributed by atoms with Gasteiger partial charge in [-0.15, -0.1) is 0 Å². The monoisotopic (exact) mass is 191 g/mol. The summed E-state index contributed by atoms with van der Waals surface area (Å²) in [5, 5.41) is 12.7. The zero-order valence-corrected chi connectivity index (χ0v) is 8.53. The SMILES string of the molecule is Cc1ccccc1C(CO)C1CNC1. The Morgan fingerprint density at radius 3 is 2.64 bits per heavy atom. The van der Waals surface area contributed by atoms with Crippen molar-refractivity contribution in [3.8, 4) is 0 Å². The second-order valence-corrected chi connectivity index (χ2v) is 4.06. The minimum Gasteiger partial charge on any atom is -0.396 e. The number of aryl methyl sites for hydroxylation is 1. The van der Waals surface area contributed by atoms with Crippen molar-refractivity contribution in [1.82, 2.24) is 5.32 Å². The first-order chi connectivity index (χ1) is 6.83. The fourth-order valence-corrected chi connectivity index (χ4v) is 2.10. The van der Waals surface area contributed by atoms with E-state index in [0.717, 1.165) is 13.1 Å². The maximum Gasteiger partial charge on any atom is 0.0503 e. The van der Waals surface area contributed by atoms with E-state index in [9.17, 15) is 5.11 Å². The van der Waals surface area contributed by atoms with Gasteiger partial charge in [-0.05, 0) is 37.1 Å². The molecule has 0 amide bonds. The number of nitrogens with one attached hydrogen (secondary N) is 1. The van der Waals surface area contributed by atoms with Gasteiger partial charge in [-0.25, -0.2) is 0 Å². The molecule has 2 heteroatoms. The lowest BCUT2D eigenvalue weighted by atomic mass is 9.81. The Balaban J connectivity index is 2.22. The highest BCUT2D eigenvalue weighted by atomic mass is 16.3. The van der Waals surface area contributed by atoms with E-state index in [-0.39, 0.29) is 6.61 Å². The molecule has 1 saturated heterocycles. The van der Waals surface area contributed by atoms with Crippen molar-refractivity contribution in [2.75, 3.05) is 19.7 Å². The van der Waals surface area contributed by atoms with E-state index < -0.39 is 0 Å². The molecule has 1 aliphatic heterocycles. The largest absolute Gasteiger partial charge is 0.396 e. The van der Waals surface area contributed by atoms with Gasteiger partial charge in [0.25, 0.3) is 0 Å². The van der Waals surface area contributed by atoms with Crippen LogP contribution in [0.4, 0.5) is 0 Å². The van der Waals surface area contributed by atoms with Crippen LogP contribution in [0.2, 0.25) is 0 Å². The molecule has 0 spiro atoms. The molecule has 1 aliphatic rings. The molecule has 2 N–H and O–H groups in total. The molecule has 2 nitrogen and oxygen atoms in total. The molecule has 0 saturated carbocycles. The molecule has 1 unspecified atom stereocenters. The highest BCUT2D eigenvalue weighted by molar-refractivity contribution is 5.30. The van der Waals surface area contributed by atoms with Crippen LogP contribution in [0.1, 0.15) is 17.0 Å². The second kappa shape index (κ2) is 4.11. The minimum absolute atomic E-state index is 0.261. The van der Waals surface area contributed by atoms with Crippen LogP contribution in [0.25, 0.3) is 0 Å². The van der Waals surface area contributed by atoms with Crippen LogP contribution in [-0.4, -0.2) is 24.8 Å². The number of aliphatic hydroxyl groups is 1. The molecule has 14 heavy (non-hydrogen) atoms. The van der Waals surface area contributed by atoms with Crippen LogP contribution in [0, 0.1) is 12.8 Å². The van der Waals surface area contributed by atoms with Crippen molar-refractivity contribution in [3.05, 3.63) is 35.4 Å². The van der Waals surface area contributed by atoms with Crippen molar-refractivity contribution >= 4 is 0 Å². The summed E-state index contributed by atoms with van der Waals surface area (Å²) < 4.78 is 0. The van der Waals surface area contributed by atoms with Crippen molar-refractivity contribution < 1.29 is 5.11 Å². The van der Waals surface area contributed by atoms with E-state index in [2.05, 4.69) is 30.4 Å². The van der Waals surface area contributed by atoms with Crippen LogP contribution < -0.4 is 5.32 Å². The molecule has 76 valence electrons. The van der Waals surface area contributed by atoms with Crippen LogP contribution in [-0.2, 0) is 0 Å². The topological polar surface area (TPSA) is 32.3 Å². The third-order valence-electron chi connectivity index (χ3n) is 3.17. The fraction of sp³-hybridized carbons (Fsp3) is 0.500. The zero-order valence-electron chi connectivity index (χ0n) is 8.53. The van der Waals surface area contributed by atoms with Gasteiger partial charge in [0.05, 0.1) is 6.61 Å². The molecule has 1 fully saturated rings. The number of hydrogen-bond donors (Lipinski definition) is 2. The number of hydrogen-bond acceptors (Lipinski definition) is 2. The summed E-state index contributed by atoms with van der Waals surface area (Å²) in [4.78, 5) is 0. The maximum atomic E-state index is 9.41. The van der Waals surface area contributed by atoms with E-state index >= 15 is 0 Å². The number of aliphatic hydroxyl groups excluding tert-OH is 1. The molecule has 1 heterocycles. The van der Waals surface area contributed by atoms with Crippen LogP contribution in [0.5, 0.6) is 0 Å². The molecular formula is C12H17NO. The van der Waals surface area contributed by atoms with Gasteiger partial charge in [-0.3, -0.25) is 0 Å². The zero-order chi connectivity index (χ0) is 9.97. The van der Waals surface area contributed by atoms with Gasteiger partial charge in [0, 0.05) is 5.92 Å². The Morgan fingerprint density at radius 1 is 1.43 bits per heavy atom. The standard InChI is InChI=1S/C12H17NO/c1-9-4-2-3-5-11(9)12(8-14)10-6-13-7-10/h2-5,10,12-14H,6-8H2,1H3. The van der Waals surface area contributed by atoms with Crippen molar-refractivity contribution in [1.29, 1.82) is 0 Å². The summed E-state index contributed by atoms with van der Waals surface area (Å²) in [6.45, 7) is 4.46. The van der Waals surface area contributed by atoms with Gasteiger partial charge in [0.2, 0.25) is 0 Å². The molecule has 0 aliphatic carbocycles. The average molecular weight is 191 g/mol. The van der Waals surface area contributed by atoms with E-state index in [4.69, 9.17) is 0 Å². The Hall–Kier alpha value is -0.860. The molecule has 2 rings (SSSR count). The lowest BCUT2D eigenvalue weighted by molar-refractivity contribution is 0.188. The molecular weight excluding hydrogens is 174 g/mol. The second-order valence-electron chi connectivity index (χ2n) is 4.06. The van der Waals surface area contributed by atoms with Gasteiger partial charge in [-0.2, -0.15) is 0 Å². The first-order valence-electron chi connectivity index (χ1n) is 5.20. The minimum atomic E-state index is 0.261. The predicted molar refractivity (Wildman–Crippen MR) is 57.4 cm³/mol. The van der Waals surface area contributed by atoms with Crippen LogP contribution in [0.15, 0.2) is 24.3 Å². The van der Waals surface area contributed by atoms with Crippen molar-refractivity contribution in [2.45, 2.75) is 12.8 Å². The summed E-state index contributed by atoms with van der Waals surface area (Å²) in [7, 11) is 0. The molecule has 1 aromatic carbocycles. The first-order valence-corrected chi connectivity index (χ1v) is 5.20. The van der Waals surface area contributed by atoms with E-state index in [1.54, 1.807) is 0 Å². The van der Waals surface area contributed by atoms with Crippen LogP contribution in [0.3, 0.4) is 0 Å². The van der Waals surface area contributed by atoms with E-state index in [1.807, 2.05) is 6.07 Å². The van der Waals surface area contributed by atoms with E-state index in [0.29, 0.717) is 11.8 Å². The summed E-state index contributed by atoms with van der Waals surface area (Å²) in [5.74, 6) is 0.929. The third kappa shape index (κ3) is 1.68. The van der Waals surface area contributed by atoms with Crippen molar-refractivity contribution in [3.63, 3.8) is 0 Å². The molecule has 0 radical (unpaired) electrons.